The van der Waals surface area contributed by atoms with Gasteiger partial charge in [-0.2, -0.15) is 0 Å². The van der Waals surface area contributed by atoms with Crippen molar-refractivity contribution < 1.29 is 4.79 Å². The highest BCUT2D eigenvalue weighted by atomic mass is 32.1. The Morgan fingerprint density at radius 1 is 1.21 bits per heavy atom. The second-order valence-corrected chi connectivity index (χ2v) is 6.19. The predicted octanol–water partition coefficient (Wildman–Crippen LogP) is 3.19. The van der Waals surface area contributed by atoms with Gasteiger partial charge >= 0.3 is 0 Å². The van der Waals surface area contributed by atoms with E-state index in [1.54, 1.807) is 41.8 Å². The zero-order valence-corrected chi connectivity index (χ0v) is 14.0. The third-order valence-electron chi connectivity index (χ3n) is 3.37. The number of thiazole rings is 1. The maximum absolute atomic E-state index is 11.1. The van der Waals surface area contributed by atoms with Crippen LogP contribution in [0, 0.1) is 0 Å². The van der Waals surface area contributed by atoms with Crippen molar-refractivity contribution in [3.8, 4) is 22.0 Å². The van der Waals surface area contributed by atoms with Crippen LogP contribution in [-0.4, -0.2) is 27.4 Å². The van der Waals surface area contributed by atoms with Gasteiger partial charge < -0.3 is 11.1 Å². The van der Waals surface area contributed by atoms with Gasteiger partial charge in [-0.1, -0.05) is 30.4 Å². The SMILES string of the molecule is CCCNc1ncc(-c2ccnc(-c3ccc(C(N)=O)cc3)n2)s1. The summed E-state index contributed by atoms with van der Waals surface area (Å²) in [7, 11) is 0. The molecule has 0 radical (unpaired) electrons. The van der Waals surface area contributed by atoms with Gasteiger partial charge in [0.15, 0.2) is 11.0 Å². The van der Waals surface area contributed by atoms with Crippen LogP contribution in [0.5, 0.6) is 0 Å². The monoisotopic (exact) mass is 339 g/mol. The fourth-order valence-corrected chi connectivity index (χ4v) is 2.94. The summed E-state index contributed by atoms with van der Waals surface area (Å²) in [4.78, 5) is 25.4. The highest BCUT2D eigenvalue weighted by Crippen LogP contribution is 2.28. The van der Waals surface area contributed by atoms with Gasteiger partial charge in [0.25, 0.3) is 0 Å². The van der Waals surface area contributed by atoms with Gasteiger partial charge in [-0.25, -0.2) is 15.0 Å². The lowest BCUT2D eigenvalue weighted by Crippen LogP contribution is -2.10. The molecule has 3 rings (SSSR count). The van der Waals surface area contributed by atoms with Gasteiger partial charge in [0.2, 0.25) is 5.91 Å². The van der Waals surface area contributed by atoms with Crippen LogP contribution in [0.25, 0.3) is 22.0 Å². The Hall–Kier alpha value is -2.80. The molecule has 0 fully saturated rings. The Morgan fingerprint density at radius 2 is 2.00 bits per heavy atom. The molecule has 1 amide bonds. The van der Waals surface area contributed by atoms with Crippen molar-refractivity contribution in [1.29, 1.82) is 0 Å². The van der Waals surface area contributed by atoms with E-state index in [0.29, 0.717) is 11.4 Å². The summed E-state index contributed by atoms with van der Waals surface area (Å²) in [5.74, 6) is 0.146. The molecule has 0 unspecified atom stereocenters. The van der Waals surface area contributed by atoms with E-state index in [-0.39, 0.29) is 0 Å². The van der Waals surface area contributed by atoms with Gasteiger partial charge in [-0.3, -0.25) is 4.79 Å². The summed E-state index contributed by atoms with van der Waals surface area (Å²) in [6.45, 7) is 3.01. The van der Waals surface area contributed by atoms with Crippen molar-refractivity contribution in [1.82, 2.24) is 15.0 Å². The van der Waals surface area contributed by atoms with E-state index in [9.17, 15) is 4.79 Å². The van der Waals surface area contributed by atoms with E-state index in [1.165, 1.54) is 0 Å². The first-order chi connectivity index (χ1) is 11.7. The minimum absolute atomic E-state index is 0.451. The number of anilines is 1. The average molecular weight is 339 g/mol. The molecule has 6 nitrogen and oxygen atoms in total. The number of nitrogens with two attached hydrogens (primary N) is 1. The number of benzene rings is 1. The van der Waals surface area contributed by atoms with Crippen molar-refractivity contribution in [2.75, 3.05) is 11.9 Å². The molecule has 3 aromatic rings. The highest BCUT2D eigenvalue weighted by molar-refractivity contribution is 7.18. The summed E-state index contributed by atoms with van der Waals surface area (Å²) in [6, 6.07) is 8.79. The zero-order valence-electron chi connectivity index (χ0n) is 13.2. The normalized spacial score (nSPS) is 10.5. The summed E-state index contributed by atoms with van der Waals surface area (Å²) in [5, 5.41) is 4.15. The Labute approximate surface area is 143 Å². The highest BCUT2D eigenvalue weighted by Gasteiger charge is 2.09. The third-order valence-corrected chi connectivity index (χ3v) is 4.35. The first kappa shape index (κ1) is 16.1. The second-order valence-electron chi connectivity index (χ2n) is 5.16. The molecule has 1 aromatic carbocycles. The van der Waals surface area contributed by atoms with Crippen molar-refractivity contribution in [2.45, 2.75) is 13.3 Å². The summed E-state index contributed by atoms with van der Waals surface area (Å²) in [5.41, 5.74) is 7.37. The number of amides is 1. The van der Waals surface area contributed by atoms with E-state index >= 15 is 0 Å². The summed E-state index contributed by atoms with van der Waals surface area (Å²) >= 11 is 1.56. The van der Waals surface area contributed by atoms with Gasteiger partial charge in [-0.15, -0.1) is 0 Å². The molecule has 0 aliphatic heterocycles. The largest absolute Gasteiger partial charge is 0.366 e. The lowest BCUT2D eigenvalue weighted by atomic mass is 10.1. The van der Waals surface area contributed by atoms with E-state index in [4.69, 9.17) is 5.73 Å². The minimum atomic E-state index is -0.451. The van der Waals surface area contributed by atoms with Crippen LogP contribution in [0.1, 0.15) is 23.7 Å². The van der Waals surface area contributed by atoms with E-state index < -0.39 is 5.91 Å². The minimum Gasteiger partial charge on any atom is -0.366 e. The average Bonchev–Trinajstić information content (AvgIpc) is 3.09. The lowest BCUT2D eigenvalue weighted by Gasteiger charge is -2.03. The number of primary amides is 1. The maximum atomic E-state index is 11.1. The summed E-state index contributed by atoms with van der Waals surface area (Å²) < 4.78 is 0. The van der Waals surface area contributed by atoms with E-state index in [0.717, 1.165) is 34.2 Å². The standard InChI is InChI=1S/C17H17N5OS/c1-2-8-20-17-21-10-14(24-17)13-7-9-19-16(22-13)12-5-3-11(4-6-12)15(18)23/h3-7,9-10H,2,8H2,1H3,(H2,18,23)(H,20,21). The predicted molar refractivity (Wildman–Crippen MR) is 95.9 cm³/mol. The molecular weight excluding hydrogens is 322 g/mol. The second kappa shape index (κ2) is 7.18. The lowest BCUT2D eigenvalue weighted by molar-refractivity contribution is 0.100. The van der Waals surface area contributed by atoms with Crippen LogP contribution >= 0.6 is 11.3 Å². The number of nitrogens with one attached hydrogen (secondary N) is 1. The molecule has 0 saturated carbocycles. The Balaban J connectivity index is 1.86. The van der Waals surface area contributed by atoms with Gasteiger partial charge in [-0.05, 0) is 24.6 Å². The van der Waals surface area contributed by atoms with Crippen LogP contribution in [0.15, 0.2) is 42.7 Å². The Kier molecular flexibility index (Phi) is 4.81. The molecule has 24 heavy (non-hydrogen) atoms. The molecule has 0 bridgehead atoms. The van der Waals surface area contributed by atoms with Crippen molar-refractivity contribution >= 4 is 22.4 Å². The first-order valence-electron chi connectivity index (χ1n) is 7.60. The molecule has 0 aliphatic carbocycles. The quantitative estimate of drug-likeness (QED) is 0.719. The molecule has 0 atom stereocenters. The molecule has 2 aromatic heterocycles. The van der Waals surface area contributed by atoms with Gasteiger partial charge in [0.05, 0.1) is 10.6 Å². The van der Waals surface area contributed by atoms with Crippen LogP contribution in [0.2, 0.25) is 0 Å². The molecule has 0 saturated heterocycles. The Bertz CT molecular complexity index is 844. The fourth-order valence-electron chi connectivity index (χ4n) is 2.12. The zero-order chi connectivity index (χ0) is 16.9. The van der Waals surface area contributed by atoms with E-state index in [1.807, 2.05) is 12.3 Å². The van der Waals surface area contributed by atoms with Crippen molar-refractivity contribution in [3.63, 3.8) is 0 Å². The number of aromatic nitrogens is 3. The molecule has 7 heteroatoms. The molecule has 2 heterocycles. The van der Waals surface area contributed by atoms with Crippen molar-refractivity contribution in [2.24, 2.45) is 5.73 Å². The van der Waals surface area contributed by atoms with E-state index in [2.05, 4.69) is 27.2 Å². The number of nitrogens with zero attached hydrogens (tertiary/aromatic N) is 3. The summed E-state index contributed by atoms with van der Waals surface area (Å²) in [6.07, 6.45) is 4.58. The number of hydrogen-bond acceptors (Lipinski definition) is 6. The topological polar surface area (TPSA) is 93.8 Å². The fraction of sp³-hybridized carbons (Fsp3) is 0.176. The maximum Gasteiger partial charge on any atom is 0.248 e. The molecular formula is C17H17N5OS. The van der Waals surface area contributed by atoms with Crippen LogP contribution in [0.4, 0.5) is 5.13 Å². The number of carbonyl (C=O) groups excluding carboxylic acids is 1. The van der Waals surface area contributed by atoms with Crippen LogP contribution in [-0.2, 0) is 0 Å². The van der Waals surface area contributed by atoms with Crippen LogP contribution < -0.4 is 11.1 Å². The number of carbonyl (C=O) groups is 1. The molecule has 122 valence electrons. The smallest absolute Gasteiger partial charge is 0.248 e. The molecule has 3 N–H and O–H groups in total. The third kappa shape index (κ3) is 3.57. The first-order valence-corrected chi connectivity index (χ1v) is 8.42. The number of rotatable bonds is 6. The molecule has 0 spiro atoms. The Morgan fingerprint density at radius 3 is 2.71 bits per heavy atom. The van der Waals surface area contributed by atoms with Crippen LogP contribution in [0.3, 0.4) is 0 Å². The van der Waals surface area contributed by atoms with Gasteiger partial charge in [0.1, 0.15) is 0 Å². The molecule has 0 aliphatic rings. The van der Waals surface area contributed by atoms with Gasteiger partial charge in [0, 0.05) is 30.1 Å². The number of hydrogen-bond donors (Lipinski definition) is 2. The van der Waals surface area contributed by atoms with Crippen molar-refractivity contribution in [3.05, 3.63) is 48.3 Å².